The van der Waals surface area contributed by atoms with Gasteiger partial charge < -0.3 is 5.01 Å². The molecule has 0 bridgehead atoms. The van der Waals surface area contributed by atoms with Crippen molar-refractivity contribution in [3.05, 3.63) is 12.3 Å². The molecular weight excluding hydrogens is 124 g/mol. The van der Waals surface area contributed by atoms with Crippen molar-refractivity contribution in [3.63, 3.8) is 0 Å². The second-order valence-corrected chi connectivity index (χ2v) is 3.72. The molecule has 0 aromatic rings. The van der Waals surface area contributed by atoms with Crippen LogP contribution in [-0.4, -0.2) is 11.6 Å². The highest BCUT2D eigenvalue weighted by molar-refractivity contribution is 4.77. The summed E-state index contributed by atoms with van der Waals surface area (Å²) in [6, 6.07) is 0. The van der Waals surface area contributed by atoms with Gasteiger partial charge in [-0.3, -0.25) is 0 Å². The Hall–Kier alpha value is -0.500. The van der Waals surface area contributed by atoms with E-state index in [0.29, 0.717) is 0 Å². The maximum Gasteiger partial charge on any atom is 0.0383 e. The highest BCUT2D eigenvalue weighted by Crippen LogP contribution is 2.12. The summed E-state index contributed by atoms with van der Waals surface area (Å²) in [5.41, 5.74) is 0.272. The van der Waals surface area contributed by atoms with Gasteiger partial charge in [0.15, 0.2) is 0 Å². The summed E-state index contributed by atoms with van der Waals surface area (Å²) in [7, 11) is 0. The molecule has 0 saturated heterocycles. The number of hydrazine groups is 1. The van der Waals surface area contributed by atoms with Crippen molar-refractivity contribution in [2.24, 2.45) is 11.3 Å². The topological polar surface area (TPSA) is 29.3 Å². The van der Waals surface area contributed by atoms with Crippen LogP contribution in [0, 0.1) is 5.41 Å². The Balaban J connectivity index is 3.68. The average Bonchev–Trinajstić information content (AvgIpc) is 1.59. The van der Waals surface area contributed by atoms with E-state index < -0.39 is 0 Å². The third kappa shape index (κ3) is 5.63. The minimum Gasteiger partial charge on any atom is -0.318 e. The third-order valence-electron chi connectivity index (χ3n) is 0.997. The van der Waals surface area contributed by atoms with Crippen LogP contribution in [0.25, 0.3) is 0 Å². The molecule has 0 aliphatic carbocycles. The van der Waals surface area contributed by atoms with Crippen LogP contribution in [0.2, 0.25) is 0 Å². The van der Waals surface area contributed by atoms with Gasteiger partial charge in [-0.25, -0.2) is 5.84 Å². The second kappa shape index (κ2) is 3.62. The van der Waals surface area contributed by atoms with Crippen molar-refractivity contribution < 1.29 is 0 Å². The second-order valence-electron chi connectivity index (χ2n) is 3.72. The molecule has 2 N–H and O–H groups in total. The van der Waals surface area contributed by atoms with Gasteiger partial charge in [0.1, 0.15) is 0 Å². The van der Waals surface area contributed by atoms with E-state index in [1.807, 2.05) is 19.2 Å². The number of allylic oxidation sites excluding steroid dienone is 1. The largest absolute Gasteiger partial charge is 0.318 e. The fourth-order valence-corrected chi connectivity index (χ4v) is 0.792. The standard InChI is InChI=1S/C8H18N2/c1-5-6-10(9)7-8(2,3)4/h5-6H,7,9H2,1-4H3/b6-5+. The van der Waals surface area contributed by atoms with Crippen LogP contribution in [-0.2, 0) is 0 Å². The first-order valence-electron chi connectivity index (χ1n) is 3.60. The minimum atomic E-state index is 0.272. The van der Waals surface area contributed by atoms with Gasteiger partial charge in [0.25, 0.3) is 0 Å². The highest BCUT2D eigenvalue weighted by Gasteiger charge is 2.11. The Morgan fingerprint density at radius 3 is 2.20 bits per heavy atom. The zero-order valence-electron chi connectivity index (χ0n) is 7.39. The van der Waals surface area contributed by atoms with Crippen molar-refractivity contribution in [2.75, 3.05) is 6.54 Å². The number of rotatable bonds is 2. The van der Waals surface area contributed by atoms with Crippen LogP contribution in [0.1, 0.15) is 27.7 Å². The quantitative estimate of drug-likeness (QED) is 0.470. The van der Waals surface area contributed by atoms with Gasteiger partial charge in [-0.05, 0) is 12.3 Å². The molecule has 0 spiro atoms. The molecule has 0 saturated carbocycles. The zero-order chi connectivity index (χ0) is 8.20. The van der Waals surface area contributed by atoms with Crippen molar-refractivity contribution in [3.8, 4) is 0 Å². The lowest BCUT2D eigenvalue weighted by Gasteiger charge is -2.24. The van der Waals surface area contributed by atoms with Crippen molar-refractivity contribution >= 4 is 0 Å². The van der Waals surface area contributed by atoms with Crippen LogP contribution < -0.4 is 5.84 Å². The van der Waals surface area contributed by atoms with Crippen LogP contribution in [0.5, 0.6) is 0 Å². The van der Waals surface area contributed by atoms with Crippen LogP contribution in [0.15, 0.2) is 12.3 Å². The lowest BCUT2D eigenvalue weighted by atomic mass is 9.97. The van der Waals surface area contributed by atoms with Crippen molar-refractivity contribution in [1.82, 2.24) is 5.01 Å². The van der Waals surface area contributed by atoms with Crippen LogP contribution in [0.4, 0.5) is 0 Å². The van der Waals surface area contributed by atoms with Gasteiger partial charge in [0.2, 0.25) is 0 Å². The molecule has 10 heavy (non-hydrogen) atoms. The number of nitrogens with zero attached hydrogens (tertiary/aromatic N) is 1. The van der Waals surface area contributed by atoms with Crippen LogP contribution in [0.3, 0.4) is 0 Å². The van der Waals surface area contributed by atoms with Gasteiger partial charge >= 0.3 is 0 Å². The van der Waals surface area contributed by atoms with E-state index in [4.69, 9.17) is 5.84 Å². The molecule has 2 nitrogen and oxygen atoms in total. The maximum absolute atomic E-state index is 5.62. The fourth-order valence-electron chi connectivity index (χ4n) is 0.792. The van der Waals surface area contributed by atoms with Crippen LogP contribution >= 0.6 is 0 Å². The molecule has 0 radical (unpaired) electrons. The Labute approximate surface area is 63.7 Å². The predicted octanol–water partition coefficient (Wildman–Crippen LogP) is 1.74. The Morgan fingerprint density at radius 2 is 1.90 bits per heavy atom. The smallest absolute Gasteiger partial charge is 0.0383 e. The molecule has 0 aliphatic heterocycles. The van der Waals surface area contributed by atoms with E-state index in [1.165, 1.54) is 0 Å². The van der Waals surface area contributed by atoms with E-state index in [9.17, 15) is 0 Å². The van der Waals surface area contributed by atoms with E-state index in [1.54, 1.807) is 5.01 Å². The summed E-state index contributed by atoms with van der Waals surface area (Å²) in [5, 5.41) is 1.71. The van der Waals surface area contributed by atoms with Gasteiger partial charge in [0.05, 0.1) is 0 Å². The summed E-state index contributed by atoms with van der Waals surface area (Å²) < 4.78 is 0. The highest BCUT2D eigenvalue weighted by atomic mass is 15.4. The monoisotopic (exact) mass is 142 g/mol. The Morgan fingerprint density at radius 1 is 1.40 bits per heavy atom. The van der Waals surface area contributed by atoms with Gasteiger partial charge in [0, 0.05) is 12.7 Å². The van der Waals surface area contributed by atoms with E-state index >= 15 is 0 Å². The van der Waals surface area contributed by atoms with Crippen molar-refractivity contribution in [1.29, 1.82) is 0 Å². The molecule has 0 aromatic heterocycles. The molecule has 0 unspecified atom stereocenters. The molecule has 0 aliphatic rings. The molecular formula is C8H18N2. The lowest BCUT2D eigenvalue weighted by Crippen LogP contribution is -2.33. The molecule has 0 rings (SSSR count). The summed E-state index contributed by atoms with van der Waals surface area (Å²) in [6.45, 7) is 9.34. The number of hydrogen-bond acceptors (Lipinski definition) is 2. The first-order chi connectivity index (χ1) is 4.45. The summed E-state index contributed by atoms with van der Waals surface area (Å²) in [4.78, 5) is 0. The lowest BCUT2D eigenvalue weighted by molar-refractivity contribution is 0.256. The molecule has 2 heteroatoms. The molecule has 0 aromatic carbocycles. The van der Waals surface area contributed by atoms with E-state index in [2.05, 4.69) is 20.8 Å². The number of hydrogen-bond donors (Lipinski definition) is 1. The molecule has 0 fully saturated rings. The molecule has 0 amide bonds. The van der Waals surface area contributed by atoms with E-state index in [0.717, 1.165) is 6.54 Å². The zero-order valence-corrected chi connectivity index (χ0v) is 7.39. The number of nitrogens with two attached hydrogens (primary N) is 1. The summed E-state index contributed by atoms with van der Waals surface area (Å²) in [6.07, 6.45) is 3.82. The first-order valence-corrected chi connectivity index (χ1v) is 3.60. The molecule has 60 valence electrons. The molecule has 0 atom stereocenters. The van der Waals surface area contributed by atoms with E-state index in [-0.39, 0.29) is 5.41 Å². The Kier molecular flexibility index (Phi) is 3.43. The summed E-state index contributed by atoms with van der Waals surface area (Å²) in [5.74, 6) is 5.62. The van der Waals surface area contributed by atoms with Gasteiger partial charge in [-0.15, -0.1) is 0 Å². The SMILES string of the molecule is C/C=C/N(N)CC(C)(C)C. The predicted molar refractivity (Wildman–Crippen MR) is 45.2 cm³/mol. The fraction of sp³-hybridized carbons (Fsp3) is 0.750. The van der Waals surface area contributed by atoms with Gasteiger partial charge in [-0.1, -0.05) is 26.8 Å². The third-order valence-corrected chi connectivity index (χ3v) is 0.997. The summed E-state index contributed by atoms with van der Waals surface area (Å²) >= 11 is 0. The minimum absolute atomic E-state index is 0.272. The normalized spacial score (nSPS) is 12.5. The average molecular weight is 142 g/mol. The van der Waals surface area contributed by atoms with Crippen molar-refractivity contribution in [2.45, 2.75) is 27.7 Å². The maximum atomic E-state index is 5.62. The molecule has 0 heterocycles. The first kappa shape index (κ1) is 9.50. The Bertz CT molecular complexity index is 111. The van der Waals surface area contributed by atoms with Gasteiger partial charge in [-0.2, -0.15) is 0 Å².